The van der Waals surface area contributed by atoms with Gasteiger partial charge in [-0.2, -0.15) is 4.39 Å². The first-order valence-corrected chi connectivity index (χ1v) is 15.3. The Morgan fingerprint density at radius 2 is 1.68 bits per heavy atom. The van der Waals surface area contributed by atoms with Gasteiger partial charge >= 0.3 is 5.97 Å². The molecule has 0 aliphatic rings. The number of sulfonamides is 1. The Morgan fingerprint density at radius 1 is 1.05 bits per heavy atom. The highest BCUT2D eigenvalue weighted by Crippen LogP contribution is 2.38. The number of carbonyl (C=O) groups is 1. The van der Waals surface area contributed by atoms with Gasteiger partial charge in [-0.15, -0.1) is 0 Å². The summed E-state index contributed by atoms with van der Waals surface area (Å²) in [6, 6.07) is 1.98. The molecule has 0 fully saturated rings. The highest BCUT2D eigenvalue weighted by Gasteiger charge is 2.31. The maximum absolute atomic E-state index is 15.2. The second-order valence-electron chi connectivity index (χ2n) is 9.73. The van der Waals surface area contributed by atoms with E-state index in [1.54, 1.807) is 11.6 Å². The normalized spacial score (nSPS) is 12.2. The molecule has 0 saturated carbocycles. The summed E-state index contributed by atoms with van der Waals surface area (Å²) in [4.78, 5) is 23.3. The molecule has 16 heteroatoms. The minimum absolute atomic E-state index is 0.142. The molecular weight excluding hydrogens is 581 g/mol. The smallest absolute Gasteiger partial charge is 0.346 e. The average Bonchev–Trinajstić information content (AvgIpc) is 2.79. The molecule has 11 nitrogen and oxygen atoms in total. The Kier molecular flexibility index (Phi) is 10.2. The summed E-state index contributed by atoms with van der Waals surface area (Å²) in [5.74, 6) is -9.57. The summed E-state index contributed by atoms with van der Waals surface area (Å²) < 4.78 is 105. The molecule has 40 heavy (non-hydrogen) atoms. The molecule has 0 spiro atoms. The number of anilines is 1. The Morgan fingerprint density at radius 3 is 2.23 bits per heavy atom. The van der Waals surface area contributed by atoms with Crippen LogP contribution in [-0.4, -0.2) is 50.6 Å². The van der Waals surface area contributed by atoms with Gasteiger partial charge in [-0.1, -0.05) is 6.92 Å². The van der Waals surface area contributed by atoms with E-state index in [1.807, 2.05) is 0 Å². The second kappa shape index (κ2) is 12.4. The molecule has 2 aromatic rings. The van der Waals surface area contributed by atoms with Crippen molar-refractivity contribution in [2.45, 2.75) is 53.1 Å². The van der Waals surface area contributed by atoms with E-state index in [1.165, 1.54) is 27.7 Å². The van der Waals surface area contributed by atoms with Crippen LogP contribution < -0.4 is 9.46 Å². The van der Waals surface area contributed by atoms with Crippen LogP contribution >= 0.6 is 0 Å². The molecule has 0 heterocycles. The Balaban J connectivity index is 2.46. The van der Waals surface area contributed by atoms with E-state index in [4.69, 9.17) is 9.47 Å². The molecule has 2 aromatic carbocycles. The number of rotatable bonds is 12. The van der Waals surface area contributed by atoms with Crippen LogP contribution in [0.5, 0.6) is 11.5 Å². The van der Waals surface area contributed by atoms with E-state index in [9.17, 15) is 40.5 Å². The third-order valence-electron chi connectivity index (χ3n) is 5.17. The van der Waals surface area contributed by atoms with Crippen molar-refractivity contribution < 1.29 is 49.2 Å². The van der Waals surface area contributed by atoms with Crippen LogP contribution in [0, 0.1) is 34.5 Å². The molecule has 0 unspecified atom stereocenters. The second-order valence-corrected chi connectivity index (χ2v) is 13.9. The number of nitro benzene ring substituents is 1. The minimum atomic E-state index is -4.41. The number of sulfone groups is 1. The van der Waals surface area contributed by atoms with Gasteiger partial charge in [-0.3, -0.25) is 14.8 Å². The predicted octanol–water partition coefficient (Wildman–Crippen LogP) is 5.02. The minimum Gasteiger partial charge on any atom is -0.456 e. The number of nitrogens with one attached hydrogen (secondary N) is 1. The zero-order chi connectivity index (χ0) is 30.6. The lowest BCUT2D eigenvalue weighted by atomic mass is 10.0. The molecule has 0 atom stereocenters. The van der Waals surface area contributed by atoms with Gasteiger partial charge in [0, 0.05) is 23.4 Å². The van der Waals surface area contributed by atoms with E-state index in [0.29, 0.717) is 6.42 Å². The molecule has 0 amide bonds. The largest absolute Gasteiger partial charge is 0.456 e. The number of ether oxygens (including phenoxy) is 2. The fourth-order valence-electron chi connectivity index (χ4n) is 3.48. The van der Waals surface area contributed by atoms with Crippen LogP contribution in [-0.2, 0) is 24.6 Å². The van der Waals surface area contributed by atoms with Gasteiger partial charge in [0.1, 0.15) is 26.8 Å². The summed E-state index contributed by atoms with van der Waals surface area (Å²) >= 11 is 0. The summed E-state index contributed by atoms with van der Waals surface area (Å²) in [5.41, 5.74) is -3.61. The monoisotopic (exact) mass is 610 g/mol. The number of halogens is 3. The van der Waals surface area contributed by atoms with Crippen LogP contribution in [0.3, 0.4) is 0 Å². The molecule has 1 N–H and O–H groups in total. The summed E-state index contributed by atoms with van der Waals surface area (Å²) in [7, 11) is -7.90. The number of hydrogen-bond donors (Lipinski definition) is 1. The number of benzene rings is 2. The average molecular weight is 611 g/mol. The van der Waals surface area contributed by atoms with E-state index in [0.717, 1.165) is 12.1 Å². The van der Waals surface area contributed by atoms with Crippen molar-refractivity contribution in [3.63, 3.8) is 0 Å². The lowest BCUT2D eigenvalue weighted by molar-refractivity contribution is -0.385. The molecule has 2 rings (SSSR count). The number of carbonyl (C=O) groups excluding carboxylic acids is 1. The van der Waals surface area contributed by atoms with Crippen LogP contribution in [0.25, 0.3) is 0 Å². The van der Waals surface area contributed by atoms with Gasteiger partial charge in [-0.05, 0) is 46.6 Å². The summed E-state index contributed by atoms with van der Waals surface area (Å²) in [6.45, 7) is 7.34. The fourth-order valence-corrected chi connectivity index (χ4v) is 6.19. The highest BCUT2D eigenvalue weighted by atomic mass is 32.2. The van der Waals surface area contributed by atoms with Crippen molar-refractivity contribution in [3.05, 3.63) is 56.9 Å². The van der Waals surface area contributed by atoms with Crippen LogP contribution in [0.1, 0.15) is 56.5 Å². The molecule has 0 aromatic heterocycles. The first-order valence-electron chi connectivity index (χ1n) is 11.9. The fraction of sp³-hybridized carbons (Fsp3) is 0.458. The van der Waals surface area contributed by atoms with Gasteiger partial charge in [0.25, 0.3) is 5.69 Å². The first kappa shape index (κ1) is 32.8. The van der Waals surface area contributed by atoms with E-state index in [-0.39, 0.29) is 23.8 Å². The lowest BCUT2D eigenvalue weighted by Crippen LogP contribution is -2.25. The van der Waals surface area contributed by atoms with Crippen LogP contribution in [0.15, 0.2) is 18.2 Å². The van der Waals surface area contributed by atoms with Crippen molar-refractivity contribution >= 4 is 37.2 Å². The Labute approximate surface area is 229 Å². The standard InChI is InChI=1S/C24H29F3N2O9S2/c1-6-10-39(33,34)11-7-12-40(35,36)28-16-13-15(25)20(26)22(21(16)27)37-18-9-8-17(29(31)32)19(14(18)2)23(30)38-24(3,4)5/h8-9,13,28H,6-7,10-12H2,1-5H3. The quantitative estimate of drug-likeness (QED) is 0.151. The number of esters is 1. The van der Waals surface area contributed by atoms with Crippen molar-refractivity contribution in [1.82, 2.24) is 0 Å². The van der Waals surface area contributed by atoms with Crippen LogP contribution in [0.4, 0.5) is 24.5 Å². The number of hydrogen-bond acceptors (Lipinski definition) is 9. The maximum Gasteiger partial charge on any atom is 0.346 e. The first-order chi connectivity index (χ1) is 18.3. The molecule has 0 aliphatic heterocycles. The van der Waals surface area contributed by atoms with E-state index in [2.05, 4.69) is 0 Å². The van der Waals surface area contributed by atoms with Crippen molar-refractivity contribution in [2.75, 3.05) is 22.0 Å². The van der Waals surface area contributed by atoms with Gasteiger partial charge in [0.05, 0.1) is 22.1 Å². The lowest BCUT2D eigenvalue weighted by Gasteiger charge is -2.21. The van der Waals surface area contributed by atoms with E-state index >= 15 is 4.39 Å². The molecule has 0 bridgehead atoms. The SMILES string of the molecule is CCCS(=O)(=O)CCCS(=O)(=O)Nc1cc(F)c(F)c(Oc2ccc([N+](=O)[O-])c(C(=O)OC(C)(C)C)c2C)c1F. The summed E-state index contributed by atoms with van der Waals surface area (Å²) in [6.07, 6.45) is 0.00539. The van der Waals surface area contributed by atoms with Gasteiger partial charge in [0.2, 0.25) is 21.6 Å². The third-order valence-corrected chi connectivity index (χ3v) is 8.47. The maximum atomic E-state index is 15.2. The topological polar surface area (TPSA) is 159 Å². The Hall–Kier alpha value is -3.40. The summed E-state index contributed by atoms with van der Waals surface area (Å²) in [5, 5.41) is 11.5. The molecule has 0 saturated heterocycles. The number of nitro groups is 1. The van der Waals surface area contributed by atoms with Gasteiger partial charge in [0.15, 0.2) is 11.6 Å². The van der Waals surface area contributed by atoms with E-state index < -0.39 is 93.7 Å². The van der Waals surface area contributed by atoms with Gasteiger partial charge in [-0.25, -0.2) is 30.4 Å². The van der Waals surface area contributed by atoms with Crippen molar-refractivity contribution in [1.29, 1.82) is 0 Å². The molecular formula is C24H29F3N2O9S2. The van der Waals surface area contributed by atoms with Gasteiger partial charge < -0.3 is 9.47 Å². The third kappa shape index (κ3) is 8.55. The Bertz CT molecular complexity index is 1520. The predicted molar refractivity (Wildman–Crippen MR) is 140 cm³/mol. The zero-order valence-corrected chi connectivity index (χ0v) is 24.0. The molecule has 222 valence electrons. The van der Waals surface area contributed by atoms with Crippen molar-refractivity contribution in [3.8, 4) is 11.5 Å². The van der Waals surface area contributed by atoms with Crippen LogP contribution in [0.2, 0.25) is 0 Å². The molecule has 0 aliphatic carbocycles. The number of nitrogens with zero attached hydrogens (tertiary/aromatic N) is 1. The zero-order valence-electron chi connectivity index (χ0n) is 22.3. The highest BCUT2D eigenvalue weighted by molar-refractivity contribution is 7.93. The molecule has 0 radical (unpaired) electrons. The van der Waals surface area contributed by atoms with Crippen molar-refractivity contribution in [2.24, 2.45) is 0 Å².